The molecule has 2 aliphatic heterocycles. The normalized spacial score (nSPS) is 31.0. The first-order chi connectivity index (χ1) is 9.08. The molecule has 0 aromatic rings. The van der Waals surface area contributed by atoms with E-state index in [1.165, 1.54) is 12.8 Å². The van der Waals surface area contributed by atoms with Crippen molar-refractivity contribution < 1.29 is 4.74 Å². The molecule has 0 radical (unpaired) electrons. The SMILES string of the molecule is C=C(C)C1OCCC1CN=C(N)N1CCCC(C)C1.I. The zero-order valence-electron chi connectivity index (χ0n) is 12.7. The number of guanidine groups is 1. The van der Waals surface area contributed by atoms with Gasteiger partial charge in [-0.05, 0) is 32.1 Å². The van der Waals surface area contributed by atoms with Crippen molar-refractivity contribution in [3.8, 4) is 0 Å². The summed E-state index contributed by atoms with van der Waals surface area (Å²) in [4.78, 5) is 6.82. The fourth-order valence-electron chi connectivity index (χ4n) is 3.07. The van der Waals surface area contributed by atoms with E-state index in [0.29, 0.717) is 11.9 Å². The van der Waals surface area contributed by atoms with Crippen LogP contribution < -0.4 is 5.73 Å². The number of nitrogens with two attached hydrogens (primary N) is 1. The number of halogens is 1. The smallest absolute Gasteiger partial charge is 0.191 e. The van der Waals surface area contributed by atoms with Gasteiger partial charge in [0.05, 0.1) is 6.10 Å². The van der Waals surface area contributed by atoms with Crippen molar-refractivity contribution in [1.29, 1.82) is 0 Å². The Balaban J connectivity index is 0.00000200. The number of likely N-dealkylation sites (tertiary alicyclic amines) is 1. The van der Waals surface area contributed by atoms with Gasteiger partial charge in [0.25, 0.3) is 0 Å². The maximum absolute atomic E-state index is 6.12. The van der Waals surface area contributed by atoms with Crippen LogP contribution in [0.15, 0.2) is 17.1 Å². The van der Waals surface area contributed by atoms with E-state index in [0.717, 1.165) is 44.2 Å². The van der Waals surface area contributed by atoms with Crippen LogP contribution in [-0.2, 0) is 4.74 Å². The van der Waals surface area contributed by atoms with E-state index in [2.05, 4.69) is 23.4 Å². The topological polar surface area (TPSA) is 50.9 Å². The third kappa shape index (κ3) is 4.62. The largest absolute Gasteiger partial charge is 0.374 e. The summed E-state index contributed by atoms with van der Waals surface area (Å²) in [5.74, 6) is 1.87. The lowest BCUT2D eigenvalue weighted by Crippen LogP contribution is -2.43. The molecule has 2 N–H and O–H groups in total. The second-order valence-corrected chi connectivity index (χ2v) is 6.08. The van der Waals surface area contributed by atoms with Gasteiger partial charge in [-0.3, -0.25) is 4.99 Å². The zero-order valence-corrected chi connectivity index (χ0v) is 15.0. The zero-order chi connectivity index (χ0) is 13.8. The molecule has 0 aliphatic carbocycles. The number of aliphatic imine (C=N–C) groups is 1. The molecular formula is C15H28IN3O. The van der Waals surface area contributed by atoms with Crippen molar-refractivity contribution in [2.75, 3.05) is 26.2 Å². The highest BCUT2D eigenvalue weighted by Gasteiger charge is 2.28. The van der Waals surface area contributed by atoms with E-state index in [4.69, 9.17) is 10.5 Å². The Bertz CT molecular complexity index is 359. The maximum atomic E-state index is 6.12. The molecule has 116 valence electrons. The first-order valence-electron chi connectivity index (χ1n) is 7.39. The summed E-state index contributed by atoms with van der Waals surface area (Å²) in [6.07, 6.45) is 3.75. The molecule has 0 spiro atoms. The second-order valence-electron chi connectivity index (χ2n) is 6.08. The fourth-order valence-corrected chi connectivity index (χ4v) is 3.07. The lowest BCUT2D eigenvalue weighted by Gasteiger charge is -2.31. The van der Waals surface area contributed by atoms with Crippen molar-refractivity contribution in [3.63, 3.8) is 0 Å². The lowest BCUT2D eigenvalue weighted by atomic mass is 9.97. The summed E-state index contributed by atoms with van der Waals surface area (Å²) in [5.41, 5.74) is 7.22. The van der Waals surface area contributed by atoms with Crippen LogP contribution in [0.1, 0.15) is 33.1 Å². The molecule has 0 aromatic heterocycles. The second kappa shape index (κ2) is 8.22. The molecule has 2 heterocycles. The quantitative estimate of drug-likeness (QED) is 0.347. The number of rotatable bonds is 3. The van der Waals surface area contributed by atoms with Gasteiger partial charge in [-0.25, -0.2) is 0 Å². The molecular weight excluding hydrogens is 365 g/mol. The first-order valence-corrected chi connectivity index (χ1v) is 7.39. The van der Waals surface area contributed by atoms with Gasteiger partial charge in [-0.1, -0.05) is 19.1 Å². The fraction of sp³-hybridized carbons (Fsp3) is 0.800. The van der Waals surface area contributed by atoms with Crippen LogP contribution in [-0.4, -0.2) is 43.2 Å². The molecule has 5 heteroatoms. The molecule has 0 amide bonds. The summed E-state index contributed by atoms with van der Waals surface area (Å²) in [6, 6.07) is 0. The Kier molecular flexibility index (Phi) is 7.29. The van der Waals surface area contributed by atoms with E-state index in [1.807, 2.05) is 6.92 Å². The minimum atomic E-state index is 0. The van der Waals surface area contributed by atoms with Crippen LogP contribution >= 0.6 is 24.0 Å². The van der Waals surface area contributed by atoms with Crippen molar-refractivity contribution in [2.24, 2.45) is 22.6 Å². The molecule has 0 aromatic carbocycles. The van der Waals surface area contributed by atoms with Crippen LogP contribution in [0.3, 0.4) is 0 Å². The number of ether oxygens (including phenoxy) is 1. The number of piperidine rings is 1. The molecule has 0 bridgehead atoms. The summed E-state index contributed by atoms with van der Waals surface area (Å²) >= 11 is 0. The van der Waals surface area contributed by atoms with Gasteiger partial charge in [0, 0.05) is 32.2 Å². The molecule has 3 unspecified atom stereocenters. The van der Waals surface area contributed by atoms with Gasteiger partial charge in [0.1, 0.15) is 0 Å². The van der Waals surface area contributed by atoms with Crippen molar-refractivity contribution in [3.05, 3.63) is 12.2 Å². The molecule has 4 nitrogen and oxygen atoms in total. The van der Waals surface area contributed by atoms with E-state index in [1.54, 1.807) is 0 Å². The van der Waals surface area contributed by atoms with E-state index in [9.17, 15) is 0 Å². The highest BCUT2D eigenvalue weighted by molar-refractivity contribution is 14.0. The summed E-state index contributed by atoms with van der Waals surface area (Å²) < 4.78 is 5.70. The number of hydrogen-bond donors (Lipinski definition) is 1. The Morgan fingerprint density at radius 1 is 1.45 bits per heavy atom. The first kappa shape index (κ1) is 17.8. The highest BCUT2D eigenvalue weighted by atomic mass is 127. The predicted octanol–water partition coefficient (Wildman–Crippen LogP) is 2.63. The molecule has 2 aliphatic rings. The van der Waals surface area contributed by atoms with Crippen LogP contribution in [0.2, 0.25) is 0 Å². The van der Waals surface area contributed by atoms with Gasteiger partial charge in [0.15, 0.2) is 5.96 Å². The third-order valence-corrected chi connectivity index (χ3v) is 4.17. The van der Waals surface area contributed by atoms with Crippen LogP contribution in [0.4, 0.5) is 0 Å². The lowest BCUT2D eigenvalue weighted by molar-refractivity contribution is 0.120. The summed E-state index contributed by atoms with van der Waals surface area (Å²) in [5, 5.41) is 0. The Hall–Kier alpha value is -0.300. The van der Waals surface area contributed by atoms with Gasteiger partial charge >= 0.3 is 0 Å². The van der Waals surface area contributed by atoms with Crippen molar-refractivity contribution in [1.82, 2.24) is 4.90 Å². The standard InChI is InChI=1S/C15H27N3O.HI/c1-11(2)14-13(6-8-19-14)9-17-15(16)18-7-4-5-12(3)10-18;/h12-14H,1,4-10H2,2-3H3,(H2,16,17);1H. The van der Waals surface area contributed by atoms with Gasteiger partial charge < -0.3 is 15.4 Å². The van der Waals surface area contributed by atoms with E-state index < -0.39 is 0 Å². The van der Waals surface area contributed by atoms with Crippen molar-refractivity contribution in [2.45, 2.75) is 39.2 Å². The van der Waals surface area contributed by atoms with Crippen LogP contribution in [0, 0.1) is 11.8 Å². The summed E-state index contributed by atoms with van der Waals surface area (Å²) in [7, 11) is 0. The highest BCUT2D eigenvalue weighted by Crippen LogP contribution is 2.26. The Morgan fingerprint density at radius 3 is 2.85 bits per heavy atom. The molecule has 0 saturated carbocycles. The van der Waals surface area contributed by atoms with E-state index in [-0.39, 0.29) is 30.1 Å². The third-order valence-electron chi connectivity index (χ3n) is 4.17. The Morgan fingerprint density at radius 2 is 2.20 bits per heavy atom. The summed E-state index contributed by atoms with van der Waals surface area (Å²) in [6.45, 7) is 12.0. The molecule has 2 saturated heterocycles. The number of hydrogen-bond acceptors (Lipinski definition) is 2. The van der Waals surface area contributed by atoms with Gasteiger partial charge in [-0.15, -0.1) is 24.0 Å². The molecule has 20 heavy (non-hydrogen) atoms. The monoisotopic (exact) mass is 393 g/mol. The minimum absolute atomic E-state index is 0. The van der Waals surface area contributed by atoms with Gasteiger partial charge in [-0.2, -0.15) is 0 Å². The molecule has 2 fully saturated rings. The van der Waals surface area contributed by atoms with Crippen molar-refractivity contribution >= 4 is 29.9 Å². The maximum Gasteiger partial charge on any atom is 0.191 e. The average Bonchev–Trinajstić information content (AvgIpc) is 2.84. The predicted molar refractivity (Wildman–Crippen MR) is 94.5 cm³/mol. The molecule has 3 atom stereocenters. The van der Waals surface area contributed by atoms with E-state index >= 15 is 0 Å². The minimum Gasteiger partial charge on any atom is -0.374 e. The molecule has 2 rings (SSSR count). The van der Waals surface area contributed by atoms with Gasteiger partial charge in [0.2, 0.25) is 0 Å². The average molecular weight is 393 g/mol. The van der Waals surface area contributed by atoms with Crippen LogP contribution in [0.5, 0.6) is 0 Å². The Labute approximate surface area is 139 Å². The number of nitrogens with zero attached hydrogens (tertiary/aromatic N) is 2. The van der Waals surface area contributed by atoms with Crippen LogP contribution in [0.25, 0.3) is 0 Å².